The van der Waals surface area contributed by atoms with E-state index in [1.807, 2.05) is 23.6 Å². The maximum Gasteiger partial charge on any atom is 0.251 e. The van der Waals surface area contributed by atoms with E-state index in [1.54, 1.807) is 25.1 Å². The number of thiophene rings is 1. The van der Waals surface area contributed by atoms with Crippen LogP contribution in [0.3, 0.4) is 0 Å². The van der Waals surface area contributed by atoms with Crippen molar-refractivity contribution in [3.05, 3.63) is 58.5 Å². The third-order valence-corrected chi connectivity index (χ3v) is 4.58. The first-order valence-electron chi connectivity index (χ1n) is 7.06. The third-order valence-electron chi connectivity index (χ3n) is 3.46. The fourth-order valence-electron chi connectivity index (χ4n) is 2.18. The molecule has 7 heteroatoms. The van der Waals surface area contributed by atoms with Crippen LogP contribution in [0.25, 0.3) is 11.4 Å². The van der Waals surface area contributed by atoms with Gasteiger partial charge in [-0.15, -0.1) is 11.3 Å². The van der Waals surface area contributed by atoms with Gasteiger partial charge in [-0.2, -0.15) is 5.10 Å². The molecule has 0 fully saturated rings. The molecule has 0 aliphatic rings. The first kappa shape index (κ1) is 15.4. The Morgan fingerprint density at radius 1 is 1.39 bits per heavy atom. The summed E-state index contributed by atoms with van der Waals surface area (Å²) in [6, 6.07) is 10.8. The van der Waals surface area contributed by atoms with Gasteiger partial charge in [-0.1, -0.05) is 18.2 Å². The lowest BCUT2D eigenvalue weighted by Crippen LogP contribution is -2.38. The second-order valence-corrected chi connectivity index (χ2v) is 6.30. The molecule has 23 heavy (non-hydrogen) atoms. The second-order valence-electron chi connectivity index (χ2n) is 5.35. The quantitative estimate of drug-likeness (QED) is 0.669. The lowest BCUT2D eigenvalue weighted by molar-refractivity contribution is 0.0557. The zero-order chi connectivity index (χ0) is 16.3. The zero-order valence-electron chi connectivity index (χ0n) is 12.5. The van der Waals surface area contributed by atoms with E-state index in [9.17, 15) is 9.90 Å². The Hall–Kier alpha value is -2.51. The van der Waals surface area contributed by atoms with Crippen LogP contribution in [0, 0.1) is 0 Å². The summed E-state index contributed by atoms with van der Waals surface area (Å²) in [4.78, 5) is 17.2. The number of aromatic nitrogens is 3. The van der Waals surface area contributed by atoms with Gasteiger partial charge < -0.3 is 10.4 Å². The Morgan fingerprint density at radius 2 is 2.26 bits per heavy atom. The van der Waals surface area contributed by atoms with Crippen molar-refractivity contribution >= 4 is 17.2 Å². The SMILES string of the molecule is CC(O)(CNC(=O)c1cccc(-c2ncn[nH]2)c1)c1cccs1. The number of carbonyl (C=O) groups excluding carboxylic acids is 1. The predicted molar refractivity (Wildman–Crippen MR) is 88.0 cm³/mol. The van der Waals surface area contributed by atoms with Crippen molar-refractivity contribution in [1.29, 1.82) is 0 Å². The Bertz CT molecular complexity index is 782. The monoisotopic (exact) mass is 328 g/mol. The van der Waals surface area contributed by atoms with E-state index in [0.29, 0.717) is 11.4 Å². The van der Waals surface area contributed by atoms with Crippen molar-refractivity contribution in [2.75, 3.05) is 6.54 Å². The summed E-state index contributed by atoms with van der Waals surface area (Å²) in [5, 5.41) is 21.7. The van der Waals surface area contributed by atoms with Crippen molar-refractivity contribution in [2.45, 2.75) is 12.5 Å². The first-order chi connectivity index (χ1) is 11.1. The molecular formula is C16H16N4O2S. The van der Waals surface area contributed by atoms with Gasteiger partial charge in [0, 0.05) is 16.0 Å². The number of rotatable bonds is 5. The maximum atomic E-state index is 12.3. The van der Waals surface area contributed by atoms with Crippen molar-refractivity contribution in [3.63, 3.8) is 0 Å². The van der Waals surface area contributed by atoms with E-state index in [4.69, 9.17) is 0 Å². The van der Waals surface area contributed by atoms with Gasteiger partial charge in [0.25, 0.3) is 5.91 Å². The van der Waals surface area contributed by atoms with Crippen LogP contribution in [-0.2, 0) is 5.60 Å². The molecule has 3 aromatic rings. The molecule has 3 N–H and O–H groups in total. The summed E-state index contributed by atoms with van der Waals surface area (Å²) in [6.45, 7) is 1.82. The third kappa shape index (κ3) is 3.46. The van der Waals surface area contributed by atoms with Gasteiger partial charge in [-0.05, 0) is 30.5 Å². The van der Waals surface area contributed by atoms with Crippen molar-refractivity contribution in [3.8, 4) is 11.4 Å². The van der Waals surface area contributed by atoms with Gasteiger partial charge in [0.1, 0.15) is 11.9 Å². The second kappa shape index (κ2) is 6.31. The predicted octanol–water partition coefficient (Wildman–Crippen LogP) is 2.17. The number of amides is 1. The van der Waals surface area contributed by atoms with Crippen molar-refractivity contribution in [1.82, 2.24) is 20.5 Å². The molecule has 1 aromatic carbocycles. The van der Waals surface area contributed by atoms with Crippen LogP contribution in [0.2, 0.25) is 0 Å². The van der Waals surface area contributed by atoms with Gasteiger partial charge in [-0.25, -0.2) is 4.98 Å². The molecular weight excluding hydrogens is 312 g/mol. The van der Waals surface area contributed by atoms with Crippen molar-refractivity contribution in [2.24, 2.45) is 0 Å². The molecule has 1 unspecified atom stereocenters. The summed E-state index contributed by atoms with van der Waals surface area (Å²) in [5.41, 5.74) is 0.188. The number of aliphatic hydroxyl groups is 1. The van der Waals surface area contributed by atoms with E-state index in [1.165, 1.54) is 17.7 Å². The molecule has 0 aliphatic heterocycles. The van der Waals surface area contributed by atoms with Crippen LogP contribution in [0.15, 0.2) is 48.1 Å². The largest absolute Gasteiger partial charge is 0.383 e. The molecule has 0 spiro atoms. The molecule has 0 saturated heterocycles. The summed E-state index contributed by atoms with van der Waals surface area (Å²) in [6.07, 6.45) is 1.42. The van der Waals surface area contributed by atoms with Crippen LogP contribution >= 0.6 is 11.3 Å². The Kier molecular flexibility index (Phi) is 4.22. The highest BCUT2D eigenvalue weighted by Crippen LogP contribution is 2.24. The number of nitrogens with zero attached hydrogens (tertiary/aromatic N) is 2. The normalized spacial score (nSPS) is 13.5. The molecule has 118 valence electrons. The molecule has 0 bridgehead atoms. The van der Waals surface area contributed by atoms with Crippen LogP contribution in [0.1, 0.15) is 22.2 Å². The standard InChI is InChI=1S/C16H16N4O2S/c1-16(22,13-6-3-7-23-13)9-17-15(21)12-5-2-4-11(8-12)14-18-10-19-20-14/h2-8,10,22H,9H2,1H3,(H,17,21)(H,18,19,20). The van der Waals surface area contributed by atoms with Gasteiger partial charge in [0.05, 0.1) is 6.54 Å². The summed E-state index contributed by atoms with van der Waals surface area (Å²) in [5.74, 6) is 0.355. The highest BCUT2D eigenvalue weighted by molar-refractivity contribution is 7.10. The summed E-state index contributed by atoms with van der Waals surface area (Å²) >= 11 is 1.46. The Labute approximate surface area is 137 Å². The number of H-pyrrole nitrogens is 1. The van der Waals surface area contributed by atoms with E-state index in [-0.39, 0.29) is 12.5 Å². The summed E-state index contributed by atoms with van der Waals surface area (Å²) < 4.78 is 0. The van der Waals surface area contributed by atoms with Crippen LogP contribution in [-0.4, -0.2) is 32.7 Å². The number of benzene rings is 1. The first-order valence-corrected chi connectivity index (χ1v) is 7.94. The molecule has 0 saturated carbocycles. The van der Waals surface area contributed by atoms with Gasteiger partial charge in [0.2, 0.25) is 0 Å². The molecule has 1 amide bonds. The minimum atomic E-state index is -1.09. The van der Waals surface area contributed by atoms with E-state index in [2.05, 4.69) is 20.5 Å². The van der Waals surface area contributed by atoms with Crippen LogP contribution in [0.5, 0.6) is 0 Å². The lowest BCUT2D eigenvalue weighted by Gasteiger charge is -2.22. The Balaban J connectivity index is 1.70. The number of aromatic amines is 1. The molecule has 0 aliphatic carbocycles. The van der Waals surface area contributed by atoms with E-state index >= 15 is 0 Å². The van der Waals surface area contributed by atoms with Crippen LogP contribution < -0.4 is 5.32 Å². The van der Waals surface area contributed by atoms with Gasteiger partial charge in [0.15, 0.2) is 5.82 Å². The lowest BCUT2D eigenvalue weighted by atomic mass is 10.0. The molecule has 2 heterocycles. The minimum Gasteiger partial charge on any atom is -0.383 e. The Morgan fingerprint density at radius 3 is 2.96 bits per heavy atom. The zero-order valence-corrected chi connectivity index (χ0v) is 13.3. The fourth-order valence-corrected chi connectivity index (χ4v) is 2.97. The van der Waals surface area contributed by atoms with Crippen molar-refractivity contribution < 1.29 is 9.90 Å². The molecule has 2 aromatic heterocycles. The average Bonchev–Trinajstić information content (AvgIpc) is 3.25. The highest BCUT2D eigenvalue weighted by atomic mass is 32.1. The minimum absolute atomic E-state index is 0.138. The number of carbonyl (C=O) groups is 1. The van der Waals surface area contributed by atoms with E-state index in [0.717, 1.165) is 10.4 Å². The average molecular weight is 328 g/mol. The number of nitrogens with one attached hydrogen (secondary N) is 2. The smallest absolute Gasteiger partial charge is 0.251 e. The number of hydrogen-bond donors (Lipinski definition) is 3. The maximum absolute atomic E-state index is 12.3. The fraction of sp³-hybridized carbons (Fsp3) is 0.188. The van der Waals surface area contributed by atoms with Gasteiger partial charge >= 0.3 is 0 Å². The topological polar surface area (TPSA) is 90.9 Å². The highest BCUT2D eigenvalue weighted by Gasteiger charge is 2.25. The van der Waals surface area contributed by atoms with Gasteiger partial charge in [-0.3, -0.25) is 9.89 Å². The van der Waals surface area contributed by atoms with E-state index < -0.39 is 5.60 Å². The molecule has 6 nitrogen and oxygen atoms in total. The molecule has 0 radical (unpaired) electrons. The summed E-state index contributed by atoms with van der Waals surface area (Å²) in [7, 11) is 0. The molecule has 3 rings (SSSR count). The van der Waals surface area contributed by atoms with Crippen LogP contribution in [0.4, 0.5) is 0 Å². The molecule has 1 atom stereocenters. The number of hydrogen-bond acceptors (Lipinski definition) is 5.